The zero-order valence-corrected chi connectivity index (χ0v) is 8.22. The van der Waals surface area contributed by atoms with Crippen LogP contribution in [0.4, 0.5) is 0 Å². The summed E-state index contributed by atoms with van der Waals surface area (Å²) in [6.07, 6.45) is 0. The fourth-order valence-corrected chi connectivity index (χ4v) is 1.77. The molecule has 0 amide bonds. The van der Waals surface area contributed by atoms with E-state index in [9.17, 15) is 0 Å². The maximum atomic E-state index is 8.77. The van der Waals surface area contributed by atoms with Crippen LogP contribution in [0.25, 0.3) is 5.57 Å². The van der Waals surface area contributed by atoms with Crippen LogP contribution in [-0.2, 0) is 0 Å². The Hall–Kier alpha value is -1.87. The van der Waals surface area contributed by atoms with Crippen molar-refractivity contribution in [3.63, 3.8) is 0 Å². The molecule has 1 aromatic rings. The zero-order valence-electron chi connectivity index (χ0n) is 6.65. The number of thiazole rings is 1. The van der Waals surface area contributed by atoms with Gasteiger partial charge in [-0.25, -0.2) is 4.98 Å². The van der Waals surface area contributed by atoms with E-state index in [0.29, 0.717) is 4.88 Å². The fraction of sp³-hybridized carbons (Fsp3) is 0. The third-order valence-electron chi connectivity index (χ3n) is 1.34. The van der Waals surface area contributed by atoms with Crippen molar-refractivity contribution >= 4 is 28.5 Å². The quantitative estimate of drug-likeness (QED) is 0.679. The Morgan fingerprint density at radius 1 is 1.29 bits per heavy atom. The second-order valence-electron chi connectivity index (χ2n) is 2.06. The second kappa shape index (κ2) is 4.39. The lowest BCUT2D eigenvalue weighted by molar-refractivity contribution is 1.41. The summed E-state index contributed by atoms with van der Waals surface area (Å²) < 4.78 is 0. The molecular weight excluding hydrogens is 220 g/mol. The predicted octanol–water partition coefficient (Wildman–Crippen LogP) is 2.12. The van der Waals surface area contributed by atoms with Crippen LogP contribution in [0.3, 0.4) is 0 Å². The summed E-state index contributed by atoms with van der Waals surface area (Å²) in [6, 6.07) is 5.04. The Bertz CT molecular complexity index is 493. The van der Waals surface area contributed by atoms with Crippen molar-refractivity contribution in [2.75, 3.05) is 0 Å². The van der Waals surface area contributed by atoms with Crippen molar-refractivity contribution in [2.24, 2.45) is 0 Å². The molecule has 4 nitrogen and oxygen atoms in total. The van der Waals surface area contributed by atoms with Crippen LogP contribution in [0.5, 0.6) is 0 Å². The molecule has 66 valence electrons. The normalized spacial score (nSPS) is 8.14. The number of hydrogen-bond donors (Lipinski definition) is 0. The van der Waals surface area contributed by atoms with E-state index in [2.05, 4.69) is 4.98 Å². The summed E-state index contributed by atoms with van der Waals surface area (Å²) in [5.74, 6) is 0. The van der Waals surface area contributed by atoms with Gasteiger partial charge in [0.25, 0.3) is 0 Å². The Labute approximate surface area is 88.9 Å². The van der Waals surface area contributed by atoms with Gasteiger partial charge in [-0.3, -0.25) is 0 Å². The van der Waals surface area contributed by atoms with E-state index in [0.717, 1.165) is 11.3 Å². The molecule has 0 bridgehead atoms. The van der Waals surface area contributed by atoms with Gasteiger partial charge in [0.2, 0.25) is 0 Å². The van der Waals surface area contributed by atoms with Gasteiger partial charge in [-0.15, -0.1) is 11.3 Å². The predicted molar refractivity (Wildman–Crippen MR) is 50.9 cm³/mol. The van der Waals surface area contributed by atoms with E-state index >= 15 is 0 Å². The molecule has 1 aromatic heterocycles. The smallest absolute Gasteiger partial charge is 0.148 e. The van der Waals surface area contributed by atoms with Gasteiger partial charge in [-0.05, 0) is 0 Å². The maximum Gasteiger partial charge on any atom is 0.148 e. The Kier molecular flexibility index (Phi) is 3.20. The van der Waals surface area contributed by atoms with E-state index < -0.39 is 0 Å². The molecule has 0 fully saturated rings. The molecule has 0 saturated carbocycles. The second-order valence-corrected chi connectivity index (χ2v) is 3.27. The van der Waals surface area contributed by atoms with Crippen molar-refractivity contribution in [3.05, 3.63) is 21.1 Å². The molecule has 0 aliphatic rings. The van der Waals surface area contributed by atoms with Crippen LogP contribution < -0.4 is 0 Å². The highest BCUT2D eigenvalue weighted by Crippen LogP contribution is 2.28. The first-order valence-corrected chi connectivity index (χ1v) is 4.54. The van der Waals surface area contributed by atoms with Crippen molar-refractivity contribution in [2.45, 2.75) is 0 Å². The first-order valence-electron chi connectivity index (χ1n) is 3.28. The van der Waals surface area contributed by atoms with E-state index in [-0.39, 0.29) is 16.3 Å². The molecule has 0 N–H and O–H groups in total. The van der Waals surface area contributed by atoms with Crippen LogP contribution in [0, 0.1) is 34.0 Å². The Morgan fingerprint density at radius 3 is 2.29 bits per heavy atom. The highest BCUT2D eigenvalue weighted by atomic mass is 35.5. The third-order valence-corrected chi connectivity index (χ3v) is 2.58. The highest BCUT2D eigenvalue weighted by molar-refractivity contribution is 7.11. The zero-order chi connectivity index (χ0) is 10.6. The lowest BCUT2D eigenvalue weighted by atomic mass is 10.1. The minimum Gasteiger partial charge on any atom is -0.232 e. The maximum absolute atomic E-state index is 8.77. The molecule has 1 rings (SSSR count). The van der Waals surface area contributed by atoms with Crippen LogP contribution in [0.15, 0.2) is 11.1 Å². The van der Waals surface area contributed by atoms with Crippen LogP contribution in [0.1, 0.15) is 4.88 Å². The van der Waals surface area contributed by atoms with Gasteiger partial charge in [0.15, 0.2) is 0 Å². The molecule has 0 saturated heterocycles. The van der Waals surface area contributed by atoms with Gasteiger partial charge in [0.1, 0.15) is 34.5 Å². The fourth-order valence-electron chi connectivity index (χ4n) is 0.752. The van der Waals surface area contributed by atoms with Gasteiger partial charge in [0.05, 0.1) is 10.4 Å². The molecule has 0 aliphatic heterocycles. The number of rotatable bonds is 1. The summed E-state index contributed by atoms with van der Waals surface area (Å²) in [5.41, 5.74) is 1.17. The molecule has 0 radical (unpaired) electrons. The molecule has 0 aliphatic carbocycles. The molecule has 0 spiro atoms. The summed E-state index contributed by atoms with van der Waals surface area (Å²) in [7, 11) is 0. The highest BCUT2D eigenvalue weighted by Gasteiger charge is 2.14. The molecule has 14 heavy (non-hydrogen) atoms. The van der Waals surface area contributed by atoms with Crippen LogP contribution >= 0.6 is 22.9 Å². The number of halogens is 1. The Balaban J connectivity index is 3.43. The minimum absolute atomic E-state index is 0.0255. The van der Waals surface area contributed by atoms with Crippen molar-refractivity contribution in [1.82, 2.24) is 4.98 Å². The van der Waals surface area contributed by atoms with Gasteiger partial charge >= 0.3 is 0 Å². The molecule has 0 aromatic carbocycles. The van der Waals surface area contributed by atoms with Gasteiger partial charge in [0, 0.05) is 0 Å². The average molecular weight is 221 g/mol. The largest absolute Gasteiger partial charge is 0.232 e. The van der Waals surface area contributed by atoms with E-state index in [1.54, 1.807) is 18.2 Å². The molecule has 6 heteroatoms. The van der Waals surface area contributed by atoms with Crippen molar-refractivity contribution in [3.8, 4) is 18.2 Å². The number of aromatic nitrogens is 1. The lowest BCUT2D eigenvalue weighted by Gasteiger charge is -1.92. The molecule has 0 atom stereocenters. The molecular formula is C8HClN4S. The van der Waals surface area contributed by atoms with Crippen LogP contribution in [0.2, 0.25) is 5.15 Å². The monoisotopic (exact) mass is 220 g/mol. The van der Waals surface area contributed by atoms with Crippen LogP contribution in [-0.4, -0.2) is 4.98 Å². The first kappa shape index (κ1) is 10.2. The summed E-state index contributed by atoms with van der Waals surface area (Å²) in [6.45, 7) is 0. The van der Waals surface area contributed by atoms with Crippen molar-refractivity contribution in [1.29, 1.82) is 15.8 Å². The Morgan fingerprint density at radius 2 is 1.93 bits per heavy atom. The molecule has 1 heterocycles. The van der Waals surface area contributed by atoms with E-state index in [1.165, 1.54) is 5.51 Å². The number of hydrogen-bond acceptors (Lipinski definition) is 5. The van der Waals surface area contributed by atoms with Gasteiger partial charge in [-0.1, -0.05) is 11.6 Å². The summed E-state index contributed by atoms with van der Waals surface area (Å²) in [4.78, 5) is 4.07. The number of nitrogens with zero attached hydrogens (tertiary/aromatic N) is 4. The lowest BCUT2D eigenvalue weighted by Crippen LogP contribution is -1.83. The third kappa shape index (κ3) is 1.72. The van der Waals surface area contributed by atoms with Gasteiger partial charge in [-0.2, -0.15) is 15.8 Å². The minimum atomic E-state index is -0.251. The standard InChI is InChI=1S/C8HClN4S/c9-8-7(14-4-13-8)6(3-12)5(1-10)2-11/h4H. The summed E-state index contributed by atoms with van der Waals surface area (Å²) >= 11 is 6.78. The first-order chi connectivity index (χ1) is 6.74. The van der Waals surface area contributed by atoms with E-state index in [4.69, 9.17) is 27.4 Å². The van der Waals surface area contributed by atoms with Gasteiger partial charge < -0.3 is 0 Å². The summed E-state index contributed by atoms with van der Waals surface area (Å²) in [5, 5.41) is 26.1. The number of nitriles is 3. The topological polar surface area (TPSA) is 84.3 Å². The average Bonchev–Trinajstić information content (AvgIpc) is 2.61. The van der Waals surface area contributed by atoms with Crippen molar-refractivity contribution < 1.29 is 0 Å². The SMILES string of the molecule is N#CC(C#N)=C(C#N)c1scnc1Cl. The molecule has 0 unspecified atom stereocenters. The van der Waals surface area contributed by atoms with E-state index in [1.807, 2.05) is 0 Å². The number of allylic oxidation sites excluding steroid dienone is 2.